The van der Waals surface area contributed by atoms with Crippen LogP contribution in [0.1, 0.15) is 46.2 Å². The van der Waals surface area contributed by atoms with Crippen molar-refractivity contribution in [3.63, 3.8) is 0 Å². The fraction of sp³-hybridized carbons (Fsp3) is 0.692. The van der Waals surface area contributed by atoms with Crippen molar-refractivity contribution in [3.8, 4) is 0 Å². The summed E-state index contributed by atoms with van der Waals surface area (Å²) in [5.41, 5.74) is 1.06. The van der Waals surface area contributed by atoms with Gasteiger partial charge in [-0.15, -0.1) is 0 Å². The van der Waals surface area contributed by atoms with Gasteiger partial charge >= 0.3 is 0 Å². The second-order valence-corrected chi connectivity index (χ2v) is 6.03. The van der Waals surface area contributed by atoms with Gasteiger partial charge in [0, 0.05) is 23.1 Å². The molecule has 1 heterocycles. The Hall–Kier alpha value is -1.32. The molecule has 1 amide bonds. The summed E-state index contributed by atoms with van der Waals surface area (Å²) >= 11 is 0. The molecule has 0 radical (unpaired) electrons. The monoisotopic (exact) mass is 235 g/mol. The number of amides is 1. The number of hydrogen-bond acceptors (Lipinski definition) is 2. The number of carbonyl (C=O) groups excluding carboxylic acids is 1. The molecule has 1 saturated carbocycles. The highest BCUT2D eigenvalue weighted by atomic mass is 16.2. The van der Waals surface area contributed by atoms with Gasteiger partial charge in [0.05, 0.1) is 0 Å². The Morgan fingerprint density at radius 3 is 2.65 bits per heavy atom. The average Bonchev–Trinajstić information content (AvgIpc) is 2.96. The van der Waals surface area contributed by atoms with E-state index < -0.39 is 0 Å². The summed E-state index contributed by atoms with van der Waals surface area (Å²) < 4.78 is 0. The SMILES string of the molecule is CC(C(=O)Nc1cc(C(C)(C)C)[nH]n1)C1CC1. The average molecular weight is 235 g/mol. The molecule has 0 aromatic carbocycles. The quantitative estimate of drug-likeness (QED) is 0.846. The first-order valence-corrected chi connectivity index (χ1v) is 6.24. The molecule has 0 bridgehead atoms. The van der Waals surface area contributed by atoms with Crippen molar-refractivity contribution >= 4 is 11.7 Å². The number of rotatable bonds is 3. The summed E-state index contributed by atoms with van der Waals surface area (Å²) in [5.74, 6) is 1.40. The zero-order valence-electron chi connectivity index (χ0n) is 11.0. The Morgan fingerprint density at radius 2 is 2.18 bits per heavy atom. The summed E-state index contributed by atoms with van der Waals surface area (Å²) in [7, 11) is 0. The Morgan fingerprint density at radius 1 is 1.53 bits per heavy atom. The molecule has 94 valence electrons. The third-order valence-corrected chi connectivity index (χ3v) is 3.38. The molecule has 2 rings (SSSR count). The van der Waals surface area contributed by atoms with Gasteiger partial charge < -0.3 is 5.32 Å². The van der Waals surface area contributed by atoms with Crippen molar-refractivity contribution in [2.75, 3.05) is 5.32 Å². The van der Waals surface area contributed by atoms with E-state index in [1.807, 2.05) is 13.0 Å². The highest BCUT2D eigenvalue weighted by Gasteiger charge is 2.32. The first-order valence-electron chi connectivity index (χ1n) is 6.24. The molecule has 1 aromatic heterocycles. The van der Waals surface area contributed by atoms with E-state index in [-0.39, 0.29) is 17.2 Å². The maximum Gasteiger partial charge on any atom is 0.228 e. The van der Waals surface area contributed by atoms with Crippen LogP contribution in [0.4, 0.5) is 5.82 Å². The molecule has 1 fully saturated rings. The lowest BCUT2D eigenvalue weighted by Gasteiger charge is -2.14. The molecule has 2 N–H and O–H groups in total. The number of aromatic nitrogens is 2. The predicted octanol–water partition coefficient (Wildman–Crippen LogP) is 2.69. The lowest BCUT2D eigenvalue weighted by molar-refractivity contribution is -0.119. The molecule has 17 heavy (non-hydrogen) atoms. The van der Waals surface area contributed by atoms with Gasteiger partial charge in [-0.3, -0.25) is 9.89 Å². The van der Waals surface area contributed by atoms with Crippen LogP contribution in [-0.2, 0) is 10.2 Å². The molecule has 4 heteroatoms. The van der Waals surface area contributed by atoms with Crippen molar-refractivity contribution in [3.05, 3.63) is 11.8 Å². The smallest absolute Gasteiger partial charge is 0.228 e. The van der Waals surface area contributed by atoms with Crippen LogP contribution >= 0.6 is 0 Å². The third-order valence-electron chi connectivity index (χ3n) is 3.38. The number of carbonyl (C=O) groups is 1. The lowest BCUT2D eigenvalue weighted by atomic mass is 9.92. The zero-order valence-corrected chi connectivity index (χ0v) is 11.0. The van der Waals surface area contributed by atoms with Gasteiger partial charge in [-0.05, 0) is 18.8 Å². The maximum atomic E-state index is 11.9. The summed E-state index contributed by atoms with van der Waals surface area (Å²) in [4.78, 5) is 11.9. The first-order chi connectivity index (χ1) is 7.88. The number of H-pyrrole nitrogens is 1. The largest absolute Gasteiger partial charge is 0.309 e. The Kier molecular flexibility index (Phi) is 2.98. The van der Waals surface area contributed by atoms with Crippen LogP contribution in [0, 0.1) is 11.8 Å². The van der Waals surface area contributed by atoms with Crippen LogP contribution in [0.25, 0.3) is 0 Å². The maximum absolute atomic E-state index is 11.9. The topological polar surface area (TPSA) is 57.8 Å². The van der Waals surface area contributed by atoms with E-state index in [9.17, 15) is 4.79 Å². The minimum atomic E-state index is 0.0259. The van der Waals surface area contributed by atoms with Gasteiger partial charge in [0.2, 0.25) is 5.91 Å². The second kappa shape index (κ2) is 4.17. The molecule has 1 aromatic rings. The zero-order chi connectivity index (χ0) is 12.6. The summed E-state index contributed by atoms with van der Waals surface area (Å²) in [6.45, 7) is 8.32. The normalized spacial score (nSPS) is 17.9. The Balaban J connectivity index is 1.99. The molecule has 0 aliphatic heterocycles. The van der Waals surface area contributed by atoms with Gasteiger partial charge in [0.15, 0.2) is 5.82 Å². The van der Waals surface area contributed by atoms with Gasteiger partial charge in [-0.1, -0.05) is 27.7 Å². The molecule has 4 nitrogen and oxygen atoms in total. The molecular weight excluding hydrogens is 214 g/mol. The number of aromatic amines is 1. The van der Waals surface area contributed by atoms with E-state index in [4.69, 9.17) is 0 Å². The third kappa shape index (κ3) is 2.87. The van der Waals surface area contributed by atoms with E-state index in [1.165, 1.54) is 12.8 Å². The van der Waals surface area contributed by atoms with Gasteiger partial charge in [-0.2, -0.15) is 5.10 Å². The number of nitrogens with one attached hydrogen (secondary N) is 2. The van der Waals surface area contributed by atoms with Gasteiger partial charge in [0.25, 0.3) is 0 Å². The van der Waals surface area contributed by atoms with Gasteiger partial charge in [-0.25, -0.2) is 0 Å². The standard InChI is InChI=1S/C13H21N3O/c1-8(9-5-6-9)12(17)14-11-7-10(15-16-11)13(2,3)4/h7-9H,5-6H2,1-4H3,(H2,14,15,16,17). The summed E-state index contributed by atoms with van der Waals surface area (Å²) in [5, 5.41) is 9.97. The highest BCUT2D eigenvalue weighted by Crippen LogP contribution is 2.37. The van der Waals surface area contributed by atoms with E-state index in [1.54, 1.807) is 0 Å². The van der Waals surface area contributed by atoms with Crippen LogP contribution in [0.3, 0.4) is 0 Å². The predicted molar refractivity (Wildman–Crippen MR) is 67.8 cm³/mol. The van der Waals surface area contributed by atoms with Crippen LogP contribution in [0.5, 0.6) is 0 Å². The highest BCUT2D eigenvalue weighted by molar-refractivity contribution is 5.91. The van der Waals surface area contributed by atoms with Crippen molar-refractivity contribution < 1.29 is 4.79 Å². The van der Waals surface area contributed by atoms with E-state index in [2.05, 4.69) is 36.3 Å². The van der Waals surface area contributed by atoms with Crippen LogP contribution < -0.4 is 5.32 Å². The van der Waals surface area contributed by atoms with Crippen LogP contribution in [0.15, 0.2) is 6.07 Å². The van der Waals surface area contributed by atoms with E-state index in [0.29, 0.717) is 11.7 Å². The molecule has 0 spiro atoms. The second-order valence-electron chi connectivity index (χ2n) is 6.03. The molecule has 1 unspecified atom stereocenters. The Labute approximate surface area is 102 Å². The molecule has 1 aliphatic rings. The molecular formula is C13H21N3O. The fourth-order valence-corrected chi connectivity index (χ4v) is 1.82. The van der Waals surface area contributed by atoms with Crippen LogP contribution in [-0.4, -0.2) is 16.1 Å². The molecule has 1 atom stereocenters. The molecule has 0 saturated heterocycles. The summed E-state index contributed by atoms with van der Waals surface area (Å²) in [6.07, 6.45) is 2.37. The minimum Gasteiger partial charge on any atom is -0.309 e. The Bertz CT molecular complexity index is 413. The van der Waals surface area contributed by atoms with Crippen molar-refractivity contribution in [1.82, 2.24) is 10.2 Å². The minimum absolute atomic E-state index is 0.0259. The molecule has 1 aliphatic carbocycles. The van der Waals surface area contributed by atoms with Gasteiger partial charge in [0.1, 0.15) is 0 Å². The van der Waals surface area contributed by atoms with E-state index in [0.717, 1.165) is 5.69 Å². The van der Waals surface area contributed by atoms with Crippen LogP contribution in [0.2, 0.25) is 0 Å². The lowest BCUT2D eigenvalue weighted by Crippen LogP contribution is -2.22. The fourth-order valence-electron chi connectivity index (χ4n) is 1.82. The van der Waals surface area contributed by atoms with E-state index >= 15 is 0 Å². The number of nitrogens with zero attached hydrogens (tertiary/aromatic N) is 1. The van der Waals surface area contributed by atoms with Crippen molar-refractivity contribution in [2.24, 2.45) is 11.8 Å². The summed E-state index contributed by atoms with van der Waals surface area (Å²) in [6, 6.07) is 1.91. The number of anilines is 1. The first kappa shape index (κ1) is 12.1. The number of hydrogen-bond donors (Lipinski definition) is 2. The van der Waals surface area contributed by atoms with Crippen molar-refractivity contribution in [2.45, 2.75) is 46.0 Å². The van der Waals surface area contributed by atoms with Crippen molar-refractivity contribution in [1.29, 1.82) is 0 Å².